The first-order valence-corrected chi connectivity index (χ1v) is 11.9. The molecule has 0 atom stereocenters. The Bertz CT molecular complexity index is 1340. The van der Waals surface area contributed by atoms with E-state index in [0.717, 1.165) is 17.0 Å². The Kier molecular flexibility index (Phi) is 8.20. The molecular weight excluding hydrogens is 478 g/mol. The van der Waals surface area contributed by atoms with Crippen molar-refractivity contribution in [2.45, 2.75) is 5.16 Å². The number of carbonyl (C=O) groups excluding carboxylic acids is 1. The summed E-state index contributed by atoms with van der Waals surface area (Å²) in [6.07, 6.45) is 1.51. The fourth-order valence-corrected chi connectivity index (χ4v) is 4.20. The molecular formula is C26H25N5O4S. The molecule has 0 saturated carbocycles. The number of carbonyl (C=O) groups is 1. The van der Waals surface area contributed by atoms with Crippen LogP contribution in [-0.2, 0) is 4.79 Å². The second kappa shape index (κ2) is 11.9. The molecule has 0 aliphatic heterocycles. The molecule has 36 heavy (non-hydrogen) atoms. The highest BCUT2D eigenvalue weighted by Gasteiger charge is 2.17. The first-order valence-electron chi connectivity index (χ1n) is 11.0. The van der Waals surface area contributed by atoms with E-state index in [4.69, 9.17) is 14.2 Å². The first kappa shape index (κ1) is 24.8. The zero-order chi connectivity index (χ0) is 25.3. The molecule has 0 fully saturated rings. The average Bonchev–Trinajstić information content (AvgIpc) is 3.36. The summed E-state index contributed by atoms with van der Waals surface area (Å²) in [5, 5.41) is 13.4. The molecule has 0 spiro atoms. The van der Waals surface area contributed by atoms with Crippen molar-refractivity contribution in [2.24, 2.45) is 5.10 Å². The van der Waals surface area contributed by atoms with Crippen molar-refractivity contribution in [2.75, 3.05) is 27.1 Å². The standard InChI is InChI=1S/C26H25N5O4S/c1-33-21-14-12-20(13-15-21)31-25(18-8-5-4-6-9-18)29-30-26(31)36-17-23(32)28-27-16-19-10-7-11-22(34-2)24(19)35-3/h4-16H,17H2,1-3H3,(H,28,32). The van der Waals surface area contributed by atoms with Crippen LogP contribution in [0.3, 0.4) is 0 Å². The second-order valence-electron chi connectivity index (χ2n) is 7.37. The number of hydrogen-bond donors (Lipinski definition) is 1. The Balaban J connectivity index is 1.50. The summed E-state index contributed by atoms with van der Waals surface area (Å²) in [6.45, 7) is 0. The minimum absolute atomic E-state index is 0.0929. The Hall–Kier alpha value is -4.31. The zero-order valence-electron chi connectivity index (χ0n) is 20.0. The number of rotatable bonds is 10. The van der Waals surface area contributed by atoms with Gasteiger partial charge in [-0.2, -0.15) is 5.10 Å². The van der Waals surface area contributed by atoms with Crippen molar-refractivity contribution in [1.82, 2.24) is 20.2 Å². The van der Waals surface area contributed by atoms with Gasteiger partial charge in [0.05, 0.1) is 33.3 Å². The summed E-state index contributed by atoms with van der Waals surface area (Å²) in [6, 6.07) is 22.8. The molecule has 10 heteroatoms. The molecule has 1 N–H and O–H groups in total. The van der Waals surface area contributed by atoms with Gasteiger partial charge in [0.15, 0.2) is 22.5 Å². The normalized spacial score (nSPS) is 10.9. The third-order valence-electron chi connectivity index (χ3n) is 5.15. The highest BCUT2D eigenvalue weighted by atomic mass is 32.2. The molecule has 0 aliphatic rings. The van der Waals surface area contributed by atoms with E-state index in [2.05, 4.69) is 20.7 Å². The minimum atomic E-state index is -0.288. The van der Waals surface area contributed by atoms with Gasteiger partial charge in [-0.05, 0) is 36.4 Å². The van der Waals surface area contributed by atoms with E-state index in [1.165, 1.54) is 18.0 Å². The largest absolute Gasteiger partial charge is 0.497 e. The molecule has 0 radical (unpaired) electrons. The lowest BCUT2D eigenvalue weighted by Crippen LogP contribution is -2.20. The molecule has 1 aromatic heterocycles. The Labute approximate surface area is 213 Å². The number of hydrazone groups is 1. The number of amides is 1. The van der Waals surface area contributed by atoms with Gasteiger partial charge in [0.1, 0.15) is 5.75 Å². The van der Waals surface area contributed by atoms with Crippen LogP contribution in [0.15, 0.2) is 83.1 Å². The van der Waals surface area contributed by atoms with Crippen molar-refractivity contribution >= 4 is 23.9 Å². The highest BCUT2D eigenvalue weighted by molar-refractivity contribution is 7.99. The lowest BCUT2D eigenvalue weighted by Gasteiger charge is -2.11. The molecule has 0 bridgehead atoms. The van der Waals surface area contributed by atoms with Crippen molar-refractivity contribution in [3.63, 3.8) is 0 Å². The summed E-state index contributed by atoms with van der Waals surface area (Å²) in [5.74, 6) is 2.34. The van der Waals surface area contributed by atoms with Crippen molar-refractivity contribution in [3.05, 3.63) is 78.4 Å². The van der Waals surface area contributed by atoms with E-state index in [0.29, 0.717) is 28.0 Å². The summed E-state index contributed by atoms with van der Waals surface area (Å²) in [5.41, 5.74) is 4.98. The molecule has 4 rings (SSSR count). The molecule has 184 valence electrons. The van der Waals surface area contributed by atoms with Crippen LogP contribution in [-0.4, -0.2) is 54.0 Å². The van der Waals surface area contributed by atoms with E-state index in [1.54, 1.807) is 27.4 Å². The molecule has 0 unspecified atom stereocenters. The number of methoxy groups -OCH3 is 3. The number of thioether (sulfide) groups is 1. The van der Waals surface area contributed by atoms with E-state index in [9.17, 15) is 4.79 Å². The Morgan fingerprint density at radius 2 is 1.72 bits per heavy atom. The monoisotopic (exact) mass is 503 g/mol. The van der Waals surface area contributed by atoms with Crippen LogP contribution in [0, 0.1) is 0 Å². The number of nitrogens with one attached hydrogen (secondary N) is 1. The Morgan fingerprint density at radius 1 is 0.944 bits per heavy atom. The molecule has 0 saturated heterocycles. The minimum Gasteiger partial charge on any atom is -0.497 e. The maximum Gasteiger partial charge on any atom is 0.250 e. The number of nitrogens with zero attached hydrogens (tertiary/aromatic N) is 4. The van der Waals surface area contributed by atoms with E-state index >= 15 is 0 Å². The predicted octanol–water partition coefficient (Wildman–Crippen LogP) is 4.20. The smallest absolute Gasteiger partial charge is 0.250 e. The van der Waals surface area contributed by atoms with Crippen LogP contribution in [0.5, 0.6) is 17.2 Å². The molecule has 0 aliphatic carbocycles. The summed E-state index contributed by atoms with van der Waals surface area (Å²) < 4.78 is 17.9. The van der Waals surface area contributed by atoms with Crippen molar-refractivity contribution in [3.8, 4) is 34.3 Å². The predicted molar refractivity (Wildman–Crippen MR) is 139 cm³/mol. The van der Waals surface area contributed by atoms with E-state index < -0.39 is 0 Å². The number of para-hydroxylation sites is 1. The van der Waals surface area contributed by atoms with Gasteiger partial charge in [-0.15, -0.1) is 10.2 Å². The van der Waals surface area contributed by atoms with Gasteiger partial charge in [0.2, 0.25) is 0 Å². The topological polar surface area (TPSA) is 99.9 Å². The van der Waals surface area contributed by atoms with Crippen LogP contribution in [0.1, 0.15) is 5.56 Å². The number of ether oxygens (including phenoxy) is 3. The van der Waals surface area contributed by atoms with Crippen LogP contribution in [0.4, 0.5) is 0 Å². The third kappa shape index (κ3) is 5.66. The third-order valence-corrected chi connectivity index (χ3v) is 6.08. The van der Waals surface area contributed by atoms with Crippen LogP contribution < -0.4 is 19.6 Å². The van der Waals surface area contributed by atoms with Gasteiger partial charge < -0.3 is 14.2 Å². The lowest BCUT2D eigenvalue weighted by atomic mass is 10.2. The van der Waals surface area contributed by atoms with Crippen LogP contribution in [0.2, 0.25) is 0 Å². The zero-order valence-corrected chi connectivity index (χ0v) is 20.9. The maximum atomic E-state index is 12.5. The molecule has 3 aromatic carbocycles. The molecule has 9 nitrogen and oxygen atoms in total. The van der Waals surface area contributed by atoms with E-state index in [-0.39, 0.29) is 11.7 Å². The van der Waals surface area contributed by atoms with Crippen molar-refractivity contribution in [1.29, 1.82) is 0 Å². The van der Waals surface area contributed by atoms with Gasteiger partial charge in [-0.1, -0.05) is 48.2 Å². The van der Waals surface area contributed by atoms with Crippen molar-refractivity contribution < 1.29 is 19.0 Å². The molecule has 1 heterocycles. The van der Waals surface area contributed by atoms with Gasteiger partial charge >= 0.3 is 0 Å². The van der Waals surface area contributed by atoms with Crippen LogP contribution >= 0.6 is 11.8 Å². The molecule has 1 amide bonds. The summed E-state index contributed by atoms with van der Waals surface area (Å²) in [4.78, 5) is 12.5. The summed E-state index contributed by atoms with van der Waals surface area (Å²) in [7, 11) is 4.73. The van der Waals surface area contributed by atoms with E-state index in [1.807, 2.05) is 71.3 Å². The fourth-order valence-electron chi connectivity index (χ4n) is 3.45. The highest BCUT2D eigenvalue weighted by Crippen LogP contribution is 2.30. The SMILES string of the molecule is COc1ccc(-n2c(SCC(=O)NN=Cc3cccc(OC)c3OC)nnc2-c2ccccc2)cc1. The fraction of sp³-hybridized carbons (Fsp3) is 0.154. The Morgan fingerprint density at radius 3 is 2.42 bits per heavy atom. The average molecular weight is 504 g/mol. The molecule has 4 aromatic rings. The second-order valence-corrected chi connectivity index (χ2v) is 8.31. The van der Waals surface area contributed by atoms with Gasteiger partial charge in [0.25, 0.3) is 5.91 Å². The van der Waals surface area contributed by atoms with Gasteiger partial charge in [-0.3, -0.25) is 9.36 Å². The summed E-state index contributed by atoms with van der Waals surface area (Å²) >= 11 is 1.26. The quantitative estimate of drug-likeness (QED) is 0.197. The van der Waals surface area contributed by atoms with Gasteiger partial charge in [-0.25, -0.2) is 5.43 Å². The first-order chi connectivity index (χ1) is 17.6. The number of aromatic nitrogens is 3. The van der Waals surface area contributed by atoms with Crippen LogP contribution in [0.25, 0.3) is 17.1 Å². The maximum absolute atomic E-state index is 12.5. The number of hydrogen-bond acceptors (Lipinski definition) is 8. The number of benzene rings is 3. The van der Waals surface area contributed by atoms with Gasteiger partial charge in [0, 0.05) is 16.8 Å². The lowest BCUT2D eigenvalue weighted by molar-refractivity contribution is -0.118.